The van der Waals surface area contributed by atoms with Crippen LogP contribution in [0, 0.1) is 0 Å². The summed E-state index contributed by atoms with van der Waals surface area (Å²) >= 11 is 0. The molecule has 0 radical (unpaired) electrons. The zero-order chi connectivity index (χ0) is 11.0. The van der Waals surface area contributed by atoms with E-state index in [9.17, 15) is 9.59 Å². The number of carbonyl (C=O) groups is 1. The van der Waals surface area contributed by atoms with Gasteiger partial charge in [-0.15, -0.1) is 0 Å². The Morgan fingerprint density at radius 1 is 1.27 bits per heavy atom. The van der Waals surface area contributed by atoms with Crippen molar-refractivity contribution in [3.63, 3.8) is 0 Å². The molecule has 15 heavy (non-hydrogen) atoms. The molecule has 0 spiro atoms. The third kappa shape index (κ3) is 1.29. The smallest absolute Gasteiger partial charge is 0.303 e. The average Bonchev–Trinajstić information content (AvgIpc) is 2.46. The van der Waals surface area contributed by atoms with E-state index in [2.05, 4.69) is 0 Å². The fourth-order valence-electron chi connectivity index (χ4n) is 1.91. The van der Waals surface area contributed by atoms with Crippen molar-refractivity contribution in [3.8, 4) is 0 Å². The topological polar surface area (TPSA) is 44.0 Å². The quantitative estimate of drug-likeness (QED) is 0.673. The maximum absolute atomic E-state index is 11.7. The number of benzene rings is 1. The molecule has 2 aromatic rings. The number of aryl methyl sites for hydroxylation is 2. The largest absolute Gasteiger partial charge is 0.328 e. The highest BCUT2D eigenvalue weighted by molar-refractivity contribution is 5.81. The maximum atomic E-state index is 11.7. The van der Waals surface area contributed by atoms with Gasteiger partial charge < -0.3 is 4.79 Å². The van der Waals surface area contributed by atoms with E-state index in [1.165, 1.54) is 0 Å². The first-order chi connectivity index (χ1) is 7.16. The van der Waals surface area contributed by atoms with Crippen LogP contribution in [0.4, 0.5) is 0 Å². The fraction of sp³-hybridized carbons (Fsp3) is 0.273. The van der Waals surface area contributed by atoms with Gasteiger partial charge in [0.25, 0.3) is 0 Å². The molecule has 1 aromatic heterocycles. The van der Waals surface area contributed by atoms with Gasteiger partial charge in [0.2, 0.25) is 0 Å². The molecule has 0 aliphatic rings. The van der Waals surface area contributed by atoms with Crippen LogP contribution in [0.1, 0.15) is 5.56 Å². The van der Waals surface area contributed by atoms with Crippen LogP contribution in [0.25, 0.3) is 11.0 Å². The van der Waals surface area contributed by atoms with Gasteiger partial charge in [-0.25, -0.2) is 4.79 Å². The predicted molar refractivity (Wildman–Crippen MR) is 57.9 cm³/mol. The Labute approximate surface area is 86.7 Å². The van der Waals surface area contributed by atoms with Gasteiger partial charge in [0.15, 0.2) is 0 Å². The summed E-state index contributed by atoms with van der Waals surface area (Å²) in [6.07, 6.45) is 1.20. The molecule has 0 atom stereocenters. The molecule has 0 saturated carbocycles. The number of para-hydroxylation sites is 1. The minimum atomic E-state index is -0.0663. The number of carbonyl (C=O) groups excluding carboxylic acids is 1. The highest BCUT2D eigenvalue weighted by atomic mass is 16.1. The van der Waals surface area contributed by atoms with E-state index in [-0.39, 0.29) is 5.69 Å². The van der Waals surface area contributed by atoms with Crippen molar-refractivity contribution in [1.82, 2.24) is 9.13 Å². The highest BCUT2D eigenvalue weighted by Crippen LogP contribution is 2.16. The second-order valence-electron chi connectivity index (χ2n) is 3.56. The minimum absolute atomic E-state index is 0.0663. The van der Waals surface area contributed by atoms with Crippen molar-refractivity contribution in [1.29, 1.82) is 0 Å². The van der Waals surface area contributed by atoms with Gasteiger partial charge in [-0.05, 0) is 11.6 Å². The van der Waals surface area contributed by atoms with E-state index in [1.54, 1.807) is 23.2 Å². The zero-order valence-electron chi connectivity index (χ0n) is 8.73. The summed E-state index contributed by atoms with van der Waals surface area (Å²) in [5.41, 5.74) is 2.53. The highest BCUT2D eigenvalue weighted by Gasteiger charge is 2.10. The first-order valence-corrected chi connectivity index (χ1v) is 4.73. The molecule has 1 heterocycles. The van der Waals surface area contributed by atoms with Crippen molar-refractivity contribution < 1.29 is 4.79 Å². The summed E-state index contributed by atoms with van der Waals surface area (Å²) in [4.78, 5) is 22.2. The van der Waals surface area contributed by atoms with Crippen molar-refractivity contribution in [2.24, 2.45) is 14.1 Å². The monoisotopic (exact) mass is 204 g/mol. The summed E-state index contributed by atoms with van der Waals surface area (Å²) in [7, 11) is 3.45. The zero-order valence-corrected chi connectivity index (χ0v) is 8.73. The Hall–Kier alpha value is -1.84. The van der Waals surface area contributed by atoms with Gasteiger partial charge in [0, 0.05) is 20.5 Å². The van der Waals surface area contributed by atoms with Gasteiger partial charge in [0.1, 0.15) is 6.29 Å². The Bertz CT molecular complexity index is 578. The van der Waals surface area contributed by atoms with Gasteiger partial charge in [-0.2, -0.15) is 0 Å². The molecule has 0 unspecified atom stereocenters. The summed E-state index contributed by atoms with van der Waals surface area (Å²) in [6.45, 7) is 0. The lowest BCUT2D eigenvalue weighted by atomic mass is 10.1. The minimum Gasteiger partial charge on any atom is -0.303 e. The molecule has 2 rings (SSSR count). The summed E-state index contributed by atoms with van der Waals surface area (Å²) in [6, 6.07) is 5.61. The lowest BCUT2D eigenvalue weighted by molar-refractivity contribution is -0.107. The Morgan fingerprint density at radius 3 is 2.67 bits per heavy atom. The number of rotatable bonds is 2. The van der Waals surface area contributed by atoms with Gasteiger partial charge in [0.05, 0.1) is 11.0 Å². The lowest BCUT2D eigenvalue weighted by Crippen LogP contribution is -2.19. The van der Waals surface area contributed by atoms with Crippen molar-refractivity contribution >= 4 is 17.3 Å². The van der Waals surface area contributed by atoms with Crippen LogP contribution in [0.15, 0.2) is 23.0 Å². The molecular weight excluding hydrogens is 192 g/mol. The molecule has 0 amide bonds. The van der Waals surface area contributed by atoms with Crippen LogP contribution >= 0.6 is 0 Å². The number of aromatic nitrogens is 2. The number of hydrogen-bond donors (Lipinski definition) is 0. The van der Waals surface area contributed by atoms with Crippen LogP contribution in [-0.4, -0.2) is 15.4 Å². The molecule has 1 aromatic carbocycles. The molecule has 0 bridgehead atoms. The third-order valence-electron chi connectivity index (χ3n) is 2.67. The van der Waals surface area contributed by atoms with E-state index in [0.29, 0.717) is 6.42 Å². The first kappa shape index (κ1) is 9.71. The normalized spacial score (nSPS) is 10.8. The second kappa shape index (κ2) is 3.38. The van der Waals surface area contributed by atoms with Crippen LogP contribution in [-0.2, 0) is 25.3 Å². The van der Waals surface area contributed by atoms with Crippen LogP contribution in [0.5, 0.6) is 0 Å². The van der Waals surface area contributed by atoms with Gasteiger partial charge in [-0.1, -0.05) is 12.1 Å². The van der Waals surface area contributed by atoms with E-state index in [1.807, 2.05) is 18.2 Å². The summed E-state index contributed by atoms with van der Waals surface area (Å²) in [5.74, 6) is 0. The number of nitrogens with zero attached hydrogens (tertiary/aromatic N) is 2. The van der Waals surface area contributed by atoms with Crippen molar-refractivity contribution in [2.45, 2.75) is 6.42 Å². The third-order valence-corrected chi connectivity index (χ3v) is 2.67. The fourth-order valence-corrected chi connectivity index (χ4v) is 1.91. The van der Waals surface area contributed by atoms with E-state index in [0.717, 1.165) is 22.9 Å². The SMILES string of the molecule is Cn1c(=O)n(C)c2c(CC=O)cccc21. The number of imidazole rings is 1. The van der Waals surface area contributed by atoms with Gasteiger partial charge >= 0.3 is 5.69 Å². The molecule has 78 valence electrons. The molecule has 0 aliphatic carbocycles. The summed E-state index contributed by atoms with van der Waals surface area (Å²) in [5, 5.41) is 0. The Balaban J connectivity index is 2.91. The van der Waals surface area contributed by atoms with Crippen molar-refractivity contribution in [3.05, 3.63) is 34.2 Å². The molecule has 0 saturated heterocycles. The maximum Gasteiger partial charge on any atom is 0.328 e. The lowest BCUT2D eigenvalue weighted by Gasteiger charge is -2.00. The number of hydrogen-bond acceptors (Lipinski definition) is 2. The summed E-state index contributed by atoms with van der Waals surface area (Å²) < 4.78 is 3.16. The van der Waals surface area contributed by atoms with Crippen molar-refractivity contribution in [2.75, 3.05) is 0 Å². The van der Waals surface area contributed by atoms with E-state index < -0.39 is 0 Å². The first-order valence-electron chi connectivity index (χ1n) is 4.73. The van der Waals surface area contributed by atoms with Gasteiger partial charge in [-0.3, -0.25) is 9.13 Å². The molecule has 0 fully saturated rings. The van der Waals surface area contributed by atoms with Crippen LogP contribution < -0.4 is 5.69 Å². The Kier molecular flexibility index (Phi) is 2.19. The standard InChI is InChI=1S/C11H12N2O2/c1-12-9-5-3-4-8(6-7-14)10(9)13(2)11(12)15/h3-5,7H,6H2,1-2H3. The second-order valence-corrected chi connectivity index (χ2v) is 3.56. The predicted octanol–water partition coefficient (Wildman–Crippen LogP) is 0.618. The van der Waals surface area contributed by atoms with Crippen LogP contribution in [0.2, 0.25) is 0 Å². The molecule has 4 nitrogen and oxygen atoms in total. The molecule has 4 heteroatoms. The average molecular weight is 204 g/mol. The van der Waals surface area contributed by atoms with E-state index in [4.69, 9.17) is 0 Å². The Morgan fingerprint density at radius 2 is 2.00 bits per heavy atom. The number of fused-ring (bicyclic) bond motifs is 1. The molecular formula is C11H12N2O2. The number of aldehydes is 1. The van der Waals surface area contributed by atoms with E-state index >= 15 is 0 Å². The molecule has 0 aliphatic heterocycles. The molecule has 0 N–H and O–H groups in total. The van der Waals surface area contributed by atoms with Crippen LogP contribution in [0.3, 0.4) is 0 Å².